The van der Waals surface area contributed by atoms with Crippen molar-refractivity contribution in [3.05, 3.63) is 29.6 Å². The molecule has 0 spiro atoms. The molecular formula is C13H17N3O. The number of aliphatic hydroxyl groups excluding tert-OH is 1. The summed E-state index contributed by atoms with van der Waals surface area (Å²) in [6.45, 7) is 0.239. The smallest absolute Gasteiger partial charge is 0.112 e. The van der Waals surface area contributed by atoms with E-state index >= 15 is 0 Å². The summed E-state index contributed by atoms with van der Waals surface area (Å²) in [6, 6.07) is 5.85. The second-order valence-electron chi connectivity index (χ2n) is 4.77. The number of hydrogen-bond donors (Lipinski definition) is 2. The zero-order valence-corrected chi connectivity index (χ0v) is 9.93. The fraction of sp³-hybridized carbons (Fsp3) is 0.462. The third-order valence-corrected chi connectivity index (χ3v) is 3.48. The van der Waals surface area contributed by atoms with Crippen LogP contribution in [0.2, 0.25) is 0 Å². The number of aromatic nitrogens is 2. The molecule has 17 heavy (non-hydrogen) atoms. The van der Waals surface area contributed by atoms with Gasteiger partial charge in [0.05, 0.1) is 17.1 Å². The number of hydrogen-bond acceptors (Lipinski definition) is 3. The number of aryl methyl sites for hydroxylation is 1. The van der Waals surface area contributed by atoms with E-state index in [2.05, 4.69) is 9.55 Å². The van der Waals surface area contributed by atoms with Gasteiger partial charge in [0.1, 0.15) is 5.82 Å². The lowest BCUT2D eigenvalue weighted by atomic mass is 10.1. The van der Waals surface area contributed by atoms with Gasteiger partial charge >= 0.3 is 0 Å². The van der Waals surface area contributed by atoms with Crippen molar-refractivity contribution in [3.63, 3.8) is 0 Å². The van der Waals surface area contributed by atoms with Gasteiger partial charge in [0.2, 0.25) is 0 Å². The van der Waals surface area contributed by atoms with Gasteiger partial charge in [0.25, 0.3) is 0 Å². The third kappa shape index (κ3) is 1.64. The number of imidazole rings is 1. The van der Waals surface area contributed by atoms with E-state index in [4.69, 9.17) is 5.73 Å². The molecule has 4 heteroatoms. The van der Waals surface area contributed by atoms with E-state index in [1.165, 1.54) is 12.8 Å². The zero-order chi connectivity index (χ0) is 12.0. The molecule has 1 aromatic heterocycles. The second kappa shape index (κ2) is 3.82. The van der Waals surface area contributed by atoms with Crippen LogP contribution in [0.5, 0.6) is 0 Å². The van der Waals surface area contributed by atoms with Crippen LogP contribution in [-0.2, 0) is 7.05 Å². The van der Waals surface area contributed by atoms with Crippen molar-refractivity contribution in [1.29, 1.82) is 0 Å². The van der Waals surface area contributed by atoms with Crippen LogP contribution in [0.25, 0.3) is 11.0 Å². The highest BCUT2D eigenvalue weighted by molar-refractivity contribution is 5.80. The van der Waals surface area contributed by atoms with Crippen LogP contribution in [0.15, 0.2) is 18.2 Å². The Balaban J connectivity index is 2.22. The van der Waals surface area contributed by atoms with Crippen molar-refractivity contribution in [2.24, 2.45) is 12.8 Å². The van der Waals surface area contributed by atoms with Gasteiger partial charge in [-0.15, -0.1) is 0 Å². The van der Waals surface area contributed by atoms with Gasteiger partial charge in [0, 0.05) is 25.1 Å². The molecule has 0 saturated heterocycles. The van der Waals surface area contributed by atoms with E-state index in [9.17, 15) is 5.11 Å². The summed E-state index contributed by atoms with van der Waals surface area (Å²) in [7, 11) is 2.02. The van der Waals surface area contributed by atoms with Crippen LogP contribution in [0.4, 0.5) is 0 Å². The minimum Gasteiger partial charge on any atom is -0.387 e. The lowest BCUT2D eigenvalue weighted by molar-refractivity contribution is 0.188. The van der Waals surface area contributed by atoms with Crippen molar-refractivity contribution < 1.29 is 5.11 Å². The molecule has 1 aliphatic rings. The molecule has 90 valence electrons. The van der Waals surface area contributed by atoms with Crippen LogP contribution in [-0.4, -0.2) is 21.2 Å². The van der Waals surface area contributed by atoms with E-state index in [1.807, 2.05) is 25.2 Å². The third-order valence-electron chi connectivity index (χ3n) is 3.48. The number of aliphatic hydroxyl groups is 1. The van der Waals surface area contributed by atoms with Crippen molar-refractivity contribution in [1.82, 2.24) is 9.55 Å². The average molecular weight is 231 g/mol. The Morgan fingerprint density at radius 3 is 2.94 bits per heavy atom. The maximum Gasteiger partial charge on any atom is 0.112 e. The van der Waals surface area contributed by atoms with Crippen LogP contribution < -0.4 is 5.73 Å². The molecule has 2 aromatic rings. The first-order valence-electron chi connectivity index (χ1n) is 6.05. The van der Waals surface area contributed by atoms with Crippen LogP contribution in [0, 0.1) is 0 Å². The second-order valence-corrected chi connectivity index (χ2v) is 4.77. The van der Waals surface area contributed by atoms with Crippen LogP contribution in [0.1, 0.15) is 36.3 Å². The first kappa shape index (κ1) is 10.7. The Bertz CT molecular complexity index is 557. The topological polar surface area (TPSA) is 64.1 Å². The van der Waals surface area contributed by atoms with Gasteiger partial charge in [-0.05, 0) is 18.9 Å². The Morgan fingerprint density at radius 2 is 2.29 bits per heavy atom. The summed E-state index contributed by atoms with van der Waals surface area (Å²) < 4.78 is 2.11. The molecule has 1 heterocycles. The maximum absolute atomic E-state index is 9.95. The van der Waals surface area contributed by atoms with E-state index in [-0.39, 0.29) is 6.54 Å². The molecule has 1 atom stereocenters. The Labute approximate surface area is 100 Å². The molecule has 1 saturated carbocycles. The number of benzene rings is 1. The maximum atomic E-state index is 9.95. The van der Waals surface area contributed by atoms with Gasteiger partial charge in [0.15, 0.2) is 0 Å². The van der Waals surface area contributed by atoms with Gasteiger partial charge in [-0.1, -0.05) is 12.1 Å². The highest BCUT2D eigenvalue weighted by Crippen LogP contribution is 2.40. The van der Waals surface area contributed by atoms with Crippen LogP contribution >= 0.6 is 0 Å². The van der Waals surface area contributed by atoms with Crippen molar-refractivity contribution in [3.8, 4) is 0 Å². The Hall–Kier alpha value is -1.39. The number of rotatable bonds is 3. The monoisotopic (exact) mass is 231 g/mol. The summed E-state index contributed by atoms with van der Waals surface area (Å²) in [4.78, 5) is 4.66. The SMILES string of the molecule is Cn1c(C2CC2)nc2cccc(C(O)CN)c21. The highest BCUT2D eigenvalue weighted by Gasteiger charge is 2.29. The molecule has 4 nitrogen and oxygen atoms in total. The van der Waals surface area contributed by atoms with Crippen molar-refractivity contribution in [2.45, 2.75) is 24.9 Å². The number of para-hydroxylation sites is 1. The first-order valence-corrected chi connectivity index (χ1v) is 6.05. The van der Waals surface area contributed by atoms with Gasteiger partial charge in [-0.25, -0.2) is 4.98 Å². The summed E-state index contributed by atoms with van der Waals surface area (Å²) >= 11 is 0. The molecule has 0 aliphatic heterocycles. The zero-order valence-electron chi connectivity index (χ0n) is 9.93. The summed E-state index contributed by atoms with van der Waals surface area (Å²) in [5.41, 5.74) is 8.40. The number of nitrogens with zero attached hydrogens (tertiary/aromatic N) is 2. The van der Waals surface area contributed by atoms with E-state index in [0.717, 1.165) is 22.4 Å². The molecule has 0 amide bonds. The van der Waals surface area contributed by atoms with Gasteiger partial charge < -0.3 is 15.4 Å². The predicted octanol–water partition coefficient (Wildman–Crippen LogP) is 1.44. The Kier molecular flexibility index (Phi) is 2.42. The largest absolute Gasteiger partial charge is 0.387 e. The highest BCUT2D eigenvalue weighted by atomic mass is 16.3. The summed E-state index contributed by atoms with van der Waals surface area (Å²) in [5, 5.41) is 9.95. The quantitative estimate of drug-likeness (QED) is 0.840. The molecule has 1 fully saturated rings. The van der Waals surface area contributed by atoms with E-state index < -0.39 is 6.10 Å². The van der Waals surface area contributed by atoms with E-state index in [0.29, 0.717) is 5.92 Å². The normalized spacial score (nSPS) is 17.6. The summed E-state index contributed by atoms with van der Waals surface area (Å²) in [5.74, 6) is 1.74. The lowest BCUT2D eigenvalue weighted by Gasteiger charge is -2.11. The molecule has 1 aliphatic carbocycles. The molecule has 0 radical (unpaired) electrons. The molecule has 1 unspecified atom stereocenters. The van der Waals surface area contributed by atoms with E-state index in [1.54, 1.807) is 0 Å². The van der Waals surface area contributed by atoms with Crippen LogP contribution in [0.3, 0.4) is 0 Å². The first-order chi connectivity index (χ1) is 8.22. The lowest BCUT2D eigenvalue weighted by Crippen LogP contribution is -2.12. The molecule has 0 bridgehead atoms. The number of fused-ring (bicyclic) bond motifs is 1. The average Bonchev–Trinajstić information content (AvgIpc) is 3.13. The summed E-state index contributed by atoms with van der Waals surface area (Å²) in [6.07, 6.45) is 1.85. The molecule has 3 rings (SSSR count). The minimum atomic E-state index is -0.610. The standard InChI is InChI=1S/C13H17N3O/c1-16-12-9(11(17)7-14)3-2-4-10(12)15-13(16)8-5-6-8/h2-4,8,11,17H,5-7,14H2,1H3. The Morgan fingerprint density at radius 1 is 1.53 bits per heavy atom. The molecule has 3 N–H and O–H groups in total. The number of nitrogens with two attached hydrogens (primary N) is 1. The van der Waals surface area contributed by atoms with Crippen molar-refractivity contribution >= 4 is 11.0 Å². The molecule has 1 aromatic carbocycles. The molecular weight excluding hydrogens is 214 g/mol. The minimum absolute atomic E-state index is 0.239. The van der Waals surface area contributed by atoms with Crippen molar-refractivity contribution in [2.75, 3.05) is 6.54 Å². The fourth-order valence-electron chi connectivity index (χ4n) is 2.42. The predicted molar refractivity (Wildman–Crippen MR) is 66.7 cm³/mol. The fourth-order valence-corrected chi connectivity index (χ4v) is 2.42. The van der Waals surface area contributed by atoms with Gasteiger partial charge in [-0.2, -0.15) is 0 Å². The van der Waals surface area contributed by atoms with Gasteiger partial charge in [-0.3, -0.25) is 0 Å².